The lowest BCUT2D eigenvalue weighted by Gasteiger charge is -2.47. The van der Waals surface area contributed by atoms with Crippen molar-refractivity contribution in [1.29, 1.82) is 0 Å². The van der Waals surface area contributed by atoms with E-state index in [-0.39, 0.29) is 10.7 Å². The van der Waals surface area contributed by atoms with Crippen molar-refractivity contribution in [2.24, 2.45) is 0 Å². The van der Waals surface area contributed by atoms with Gasteiger partial charge in [0, 0.05) is 53.8 Å². The number of aryl methyl sites for hydroxylation is 1. The zero-order valence-corrected chi connectivity index (χ0v) is 15.6. The second-order valence-corrected chi connectivity index (χ2v) is 8.10. The van der Waals surface area contributed by atoms with Crippen LogP contribution in [0.3, 0.4) is 0 Å². The third-order valence-electron chi connectivity index (χ3n) is 6.46. The first-order valence-electron chi connectivity index (χ1n) is 9.84. The van der Waals surface area contributed by atoms with Gasteiger partial charge in [0.2, 0.25) is 0 Å². The van der Waals surface area contributed by atoms with Crippen LogP contribution in [0, 0.1) is 12.1 Å². The van der Waals surface area contributed by atoms with Gasteiger partial charge in [-0.05, 0) is 36.8 Å². The van der Waals surface area contributed by atoms with E-state index in [9.17, 15) is 10.3 Å². The number of pyridine rings is 1. The van der Waals surface area contributed by atoms with Gasteiger partial charge in [0.15, 0.2) is 0 Å². The van der Waals surface area contributed by atoms with E-state index in [4.69, 9.17) is 0 Å². The lowest BCUT2D eigenvalue weighted by Crippen LogP contribution is -2.46. The van der Waals surface area contributed by atoms with Gasteiger partial charge in [-0.25, -0.2) is 0 Å². The minimum absolute atomic E-state index is 0.0531. The molecule has 5 nitrogen and oxygen atoms in total. The number of aliphatic hydroxyl groups is 1. The summed E-state index contributed by atoms with van der Waals surface area (Å²) in [5.41, 5.74) is 5.72. The lowest BCUT2D eigenvalue weighted by molar-refractivity contribution is -0.900. The Balaban J connectivity index is 1.65. The van der Waals surface area contributed by atoms with E-state index in [1.54, 1.807) is 12.4 Å². The molecule has 3 unspecified atom stereocenters. The summed E-state index contributed by atoms with van der Waals surface area (Å²) in [5, 5.41) is 25.3. The molecule has 4 heterocycles. The maximum Gasteiger partial charge on any atom is 0.117 e. The van der Waals surface area contributed by atoms with E-state index in [0.29, 0.717) is 13.1 Å². The number of benzene rings is 1. The Hall–Kier alpha value is -2.21. The van der Waals surface area contributed by atoms with Crippen molar-refractivity contribution in [3.63, 3.8) is 0 Å². The number of nitrogens with zero attached hydrogens (tertiary/aromatic N) is 3. The molecule has 0 aliphatic carbocycles. The minimum atomic E-state index is -0.592. The van der Waals surface area contributed by atoms with E-state index in [0.717, 1.165) is 36.9 Å². The van der Waals surface area contributed by atoms with Crippen molar-refractivity contribution in [3.8, 4) is 0 Å². The van der Waals surface area contributed by atoms with E-state index < -0.39 is 6.10 Å². The molecule has 1 saturated heterocycles. The van der Waals surface area contributed by atoms with Crippen LogP contribution in [0.1, 0.15) is 47.4 Å². The lowest BCUT2D eigenvalue weighted by atomic mass is 9.95. The molecule has 27 heavy (non-hydrogen) atoms. The minimum Gasteiger partial charge on any atom is -0.632 e. The summed E-state index contributed by atoms with van der Waals surface area (Å²) in [4.78, 5) is 4.04. The highest BCUT2D eigenvalue weighted by Crippen LogP contribution is 2.47. The third kappa shape index (κ3) is 2.61. The van der Waals surface area contributed by atoms with Crippen LogP contribution in [-0.4, -0.2) is 32.4 Å². The van der Waals surface area contributed by atoms with Gasteiger partial charge in [-0.1, -0.05) is 11.6 Å². The van der Waals surface area contributed by atoms with Gasteiger partial charge >= 0.3 is 0 Å². The summed E-state index contributed by atoms with van der Waals surface area (Å²) in [6.07, 6.45) is 5.60. The molecular weight excluding hydrogens is 338 g/mol. The molecule has 0 amide bonds. The Bertz CT molecular complexity index is 998. The fourth-order valence-electron chi connectivity index (χ4n) is 5.15. The monoisotopic (exact) mass is 363 g/mol. The molecule has 2 aliphatic rings. The zero-order chi connectivity index (χ0) is 18.6. The van der Waals surface area contributed by atoms with Crippen LogP contribution >= 0.6 is 0 Å². The van der Waals surface area contributed by atoms with Crippen LogP contribution < -0.4 is 0 Å². The SMILES string of the molecule is Cc1ccc2c(c1)c1c(n2CC(O)c2ccncc2)CC[N+]2([O-])CCCC12. The van der Waals surface area contributed by atoms with Crippen LogP contribution in [0.4, 0.5) is 0 Å². The molecule has 0 bridgehead atoms. The largest absolute Gasteiger partial charge is 0.632 e. The van der Waals surface area contributed by atoms with E-state index >= 15 is 0 Å². The Morgan fingerprint density at radius 3 is 2.89 bits per heavy atom. The summed E-state index contributed by atoms with van der Waals surface area (Å²) in [6.45, 7) is 4.00. The van der Waals surface area contributed by atoms with Crippen molar-refractivity contribution in [1.82, 2.24) is 9.55 Å². The molecule has 2 aromatic heterocycles. The normalized spacial score (nSPS) is 25.4. The summed E-state index contributed by atoms with van der Waals surface area (Å²) in [6, 6.07) is 10.3. The quantitative estimate of drug-likeness (QED) is 0.569. The molecule has 5 rings (SSSR count). The van der Waals surface area contributed by atoms with Gasteiger partial charge < -0.3 is 19.5 Å². The highest BCUT2D eigenvalue weighted by molar-refractivity contribution is 5.87. The van der Waals surface area contributed by atoms with Gasteiger partial charge in [0.25, 0.3) is 0 Å². The number of fused-ring (bicyclic) bond motifs is 5. The number of rotatable bonds is 3. The maximum absolute atomic E-state index is 13.3. The summed E-state index contributed by atoms with van der Waals surface area (Å²) in [5.74, 6) is 0. The Kier molecular flexibility index (Phi) is 3.86. The van der Waals surface area contributed by atoms with Gasteiger partial charge in [-0.2, -0.15) is 0 Å². The first-order chi connectivity index (χ1) is 13.1. The second kappa shape index (κ2) is 6.16. The molecule has 5 heteroatoms. The molecule has 1 aromatic carbocycles. The summed E-state index contributed by atoms with van der Waals surface area (Å²) >= 11 is 0. The highest BCUT2D eigenvalue weighted by Gasteiger charge is 2.43. The van der Waals surface area contributed by atoms with Crippen molar-refractivity contribution in [3.05, 3.63) is 70.3 Å². The number of hydrogen-bond donors (Lipinski definition) is 1. The van der Waals surface area contributed by atoms with E-state index in [1.165, 1.54) is 22.2 Å². The fraction of sp³-hybridized carbons (Fsp3) is 0.409. The smallest absolute Gasteiger partial charge is 0.117 e. The van der Waals surface area contributed by atoms with Crippen LogP contribution in [-0.2, 0) is 13.0 Å². The number of aliphatic hydroxyl groups excluding tert-OH is 1. The van der Waals surface area contributed by atoms with Crippen molar-refractivity contribution in [2.45, 2.75) is 44.9 Å². The predicted molar refractivity (Wildman–Crippen MR) is 105 cm³/mol. The average molecular weight is 363 g/mol. The maximum atomic E-state index is 13.3. The number of quaternary nitrogens is 1. The second-order valence-electron chi connectivity index (χ2n) is 8.10. The van der Waals surface area contributed by atoms with Crippen molar-refractivity contribution < 1.29 is 9.75 Å². The molecule has 140 valence electrons. The summed E-state index contributed by atoms with van der Waals surface area (Å²) < 4.78 is 2.20. The number of hydroxylamine groups is 3. The Labute approximate surface area is 159 Å². The van der Waals surface area contributed by atoms with Gasteiger partial charge in [-0.3, -0.25) is 4.98 Å². The molecule has 3 aromatic rings. The highest BCUT2D eigenvalue weighted by atomic mass is 16.5. The zero-order valence-electron chi connectivity index (χ0n) is 15.6. The first-order valence-corrected chi connectivity index (χ1v) is 9.84. The van der Waals surface area contributed by atoms with E-state index in [2.05, 4.69) is 34.7 Å². The molecule has 0 radical (unpaired) electrons. The van der Waals surface area contributed by atoms with Crippen LogP contribution in [0.25, 0.3) is 10.9 Å². The molecular formula is C22H25N3O2. The average Bonchev–Trinajstić information content (AvgIpc) is 3.20. The standard InChI is InChI=1S/C22H25N3O2/c1-15-4-5-18-17(13-15)22-19(8-12-25(27)11-2-3-20(22)25)24(18)14-21(26)16-6-9-23-10-7-16/h4-7,9-10,13,20-21,26H,2-3,8,11-12,14H2,1H3. The van der Waals surface area contributed by atoms with Crippen LogP contribution in [0.2, 0.25) is 0 Å². The van der Waals surface area contributed by atoms with Crippen LogP contribution in [0.15, 0.2) is 42.7 Å². The fourth-order valence-corrected chi connectivity index (χ4v) is 5.15. The number of aromatic nitrogens is 2. The topological polar surface area (TPSA) is 61.1 Å². The molecule has 1 fully saturated rings. The van der Waals surface area contributed by atoms with Crippen molar-refractivity contribution >= 4 is 10.9 Å². The predicted octanol–water partition coefficient (Wildman–Crippen LogP) is 3.78. The van der Waals surface area contributed by atoms with Crippen LogP contribution in [0.5, 0.6) is 0 Å². The molecule has 0 saturated carbocycles. The summed E-state index contributed by atoms with van der Waals surface area (Å²) in [7, 11) is 0. The molecule has 2 aliphatic heterocycles. The Morgan fingerprint density at radius 2 is 2.07 bits per heavy atom. The molecule has 1 N–H and O–H groups in total. The van der Waals surface area contributed by atoms with Gasteiger partial charge in [0.05, 0.1) is 25.7 Å². The van der Waals surface area contributed by atoms with Gasteiger partial charge in [0.1, 0.15) is 6.04 Å². The van der Waals surface area contributed by atoms with Gasteiger partial charge in [-0.15, -0.1) is 0 Å². The molecule has 3 atom stereocenters. The van der Waals surface area contributed by atoms with Crippen molar-refractivity contribution in [2.75, 3.05) is 13.1 Å². The molecule has 0 spiro atoms. The Morgan fingerprint density at radius 1 is 1.26 bits per heavy atom. The first kappa shape index (κ1) is 16.9. The number of hydrogen-bond acceptors (Lipinski definition) is 3. The third-order valence-corrected chi connectivity index (χ3v) is 6.46. The van der Waals surface area contributed by atoms with E-state index in [1.807, 2.05) is 12.1 Å².